The van der Waals surface area contributed by atoms with Gasteiger partial charge in [0.15, 0.2) is 0 Å². The molecule has 0 aliphatic rings. The number of thioether (sulfide) groups is 1. The number of hydrogen-bond donors (Lipinski definition) is 2. The molecule has 8 heteroatoms. The fraction of sp³-hybridized carbons (Fsp3) is 0.136. The molecule has 2 N–H and O–H groups in total. The largest absolute Gasteiger partial charge is 0.351 e. The van der Waals surface area contributed by atoms with Crippen molar-refractivity contribution in [3.8, 4) is 0 Å². The summed E-state index contributed by atoms with van der Waals surface area (Å²) >= 11 is 4.74. The van der Waals surface area contributed by atoms with Crippen LogP contribution in [0.1, 0.15) is 22.3 Å². The number of anilines is 1. The van der Waals surface area contributed by atoms with Crippen molar-refractivity contribution in [2.45, 2.75) is 17.2 Å². The van der Waals surface area contributed by atoms with E-state index in [-0.39, 0.29) is 30.6 Å². The van der Waals surface area contributed by atoms with Gasteiger partial charge in [0.25, 0.3) is 5.91 Å². The van der Waals surface area contributed by atoms with E-state index in [0.29, 0.717) is 22.0 Å². The normalized spacial score (nSPS) is 10.5. The molecule has 0 spiro atoms. The first-order valence-electron chi connectivity index (χ1n) is 9.17. The van der Waals surface area contributed by atoms with E-state index in [9.17, 15) is 14.0 Å². The Balaban J connectivity index is 1.50. The summed E-state index contributed by atoms with van der Waals surface area (Å²) in [6.45, 7) is 0.207. The van der Waals surface area contributed by atoms with Gasteiger partial charge in [0.2, 0.25) is 5.91 Å². The van der Waals surface area contributed by atoms with Crippen molar-refractivity contribution < 1.29 is 14.0 Å². The Hall–Kier alpha value is -2.71. The highest BCUT2D eigenvalue weighted by atomic mass is 79.9. The third-order valence-corrected chi connectivity index (χ3v) is 5.68. The van der Waals surface area contributed by atoms with Gasteiger partial charge in [-0.1, -0.05) is 28.1 Å². The van der Waals surface area contributed by atoms with Crippen LogP contribution < -0.4 is 10.6 Å². The van der Waals surface area contributed by atoms with Crippen LogP contribution in [-0.4, -0.2) is 23.3 Å². The number of rotatable bonds is 8. The van der Waals surface area contributed by atoms with Gasteiger partial charge in [0.1, 0.15) is 10.8 Å². The maximum atomic E-state index is 13.0. The third-order valence-electron chi connectivity index (χ3n) is 4.07. The molecular formula is C22H19BrFN3O2S. The quantitative estimate of drug-likeness (QED) is 0.437. The van der Waals surface area contributed by atoms with Crippen LogP contribution in [0.4, 0.5) is 10.1 Å². The van der Waals surface area contributed by atoms with E-state index in [4.69, 9.17) is 0 Å². The second kappa shape index (κ2) is 10.9. The predicted octanol–water partition coefficient (Wildman–Crippen LogP) is 5.03. The van der Waals surface area contributed by atoms with E-state index in [0.717, 1.165) is 10.0 Å². The molecule has 3 rings (SSSR count). The third kappa shape index (κ3) is 6.67. The topological polar surface area (TPSA) is 71.1 Å². The summed E-state index contributed by atoms with van der Waals surface area (Å²) in [6.07, 6.45) is 1.77. The zero-order valence-electron chi connectivity index (χ0n) is 15.9. The molecule has 5 nitrogen and oxygen atoms in total. The van der Waals surface area contributed by atoms with Crippen LogP contribution in [0.25, 0.3) is 0 Å². The van der Waals surface area contributed by atoms with E-state index in [1.165, 1.54) is 23.9 Å². The minimum absolute atomic E-state index is 0.153. The van der Waals surface area contributed by atoms with Gasteiger partial charge in [-0.25, -0.2) is 9.37 Å². The van der Waals surface area contributed by atoms with E-state index in [1.54, 1.807) is 42.6 Å². The molecule has 0 atom stereocenters. The summed E-state index contributed by atoms with van der Waals surface area (Å²) in [7, 11) is 0. The highest BCUT2D eigenvalue weighted by Gasteiger charge is 2.13. The zero-order valence-corrected chi connectivity index (χ0v) is 18.3. The molecule has 154 valence electrons. The summed E-state index contributed by atoms with van der Waals surface area (Å²) in [5.41, 5.74) is 2.07. The Morgan fingerprint density at radius 2 is 1.77 bits per heavy atom. The zero-order chi connectivity index (χ0) is 21.3. The molecule has 3 aromatic rings. The lowest BCUT2D eigenvalue weighted by Crippen LogP contribution is -2.28. The average Bonchev–Trinajstić information content (AvgIpc) is 2.75. The van der Waals surface area contributed by atoms with Crippen molar-refractivity contribution in [1.29, 1.82) is 0 Å². The van der Waals surface area contributed by atoms with Crippen LogP contribution in [-0.2, 0) is 10.5 Å². The number of pyridine rings is 1. The summed E-state index contributed by atoms with van der Waals surface area (Å²) in [6, 6.07) is 16.9. The number of benzene rings is 2. The summed E-state index contributed by atoms with van der Waals surface area (Å²) in [4.78, 5) is 28.9. The molecular weight excluding hydrogens is 469 g/mol. The van der Waals surface area contributed by atoms with Gasteiger partial charge >= 0.3 is 0 Å². The SMILES string of the molecule is O=C(CCNC(=O)c1cccnc1SCc1ccc(F)cc1)Nc1ccc(Br)cc1. The molecule has 0 saturated carbocycles. The monoisotopic (exact) mass is 487 g/mol. The number of nitrogens with zero attached hydrogens (tertiary/aromatic N) is 1. The lowest BCUT2D eigenvalue weighted by Gasteiger charge is -2.10. The highest BCUT2D eigenvalue weighted by Crippen LogP contribution is 2.24. The van der Waals surface area contributed by atoms with Crippen molar-refractivity contribution in [2.24, 2.45) is 0 Å². The van der Waals surface area contributed by atoms with Crippen LogP contribution in [0.2, 0.25) is 0 Å². The predicted molar refractivity (Wildman–Crippen MR) is 120 cm³/mol. The molecule has 0 saturated heterocycles. The minimum atomic E-state index is -0.291. The maximum Gasteiger partial charge on any atom is 0.254 e. The van der Waals surface area contributed by atoms with E-state index >= 15 is 0 Å². The van der Waals surface area contributed by atoms with E-state index < -0.39 is 0 Å². The van der Waals surface area contributed by atoms with Crippen LogP contribution in [0.15, 0.2) is 76.4 Å². The summed E-state index contributed by atoms with van der Waals surface area (Å²) < 4.78 is 14.0. The van der Waals surface area contributed by atoms with Crippen LogP contribution in [0.3, 0.4) is 0 Å². The molecule has 1 aromatic heterocycles. The first kappa shape index (κ1) is 22.0. The smallest absolute Gasteiger partial charge is 0.254 e. The van der Waals surface area contributed by atoms with Gasteiger partial charge in [-0.3, -0.25) is 9.59 Å². The van der Waals surface area contributed by atoms with Gasteiger partial charge in [-0.15, -0.1) is 11.8 Å². The first-order chi connectivity index (χ1) is 14.5. The number of aromatic nitrogens is 1. The molecule has 0 radical (unpaired) electrons. The Bertz CT molecular complexity index is 1010. The average molecular weight is 488 g/mol. The highest BCUT2D eigenvalue weighted by molar-refractivity contribution is 9.10. The van der Waals surface area contributed by atoms with Gasteiger partial charge in [-0.05, 0) is 54.1 Å². The Kier molecular flexibility index (Phi) is 7.98. The number of carbonyl (C=O) groups excluding carboxylic acids is 2. The Morgan fingerprint density at radius 1 is 1.03 bits per heavy atom. The molecule has 2 amide bonds. The molecule has 0 fully saturated rings. The molecule has 1 heterocycles. The second-order valence-corrected chi connectivity index (χ2v) is 8.21. The maximum absolute atomic E-state index is 13.0. The van der Waals surface area contributed by atoms with Crippen LogP contribution in [0.5, 0.6) is 0 Å². The molecule has 0 aliphatic heterocycles. The number of carbonyl (C=O) groups is 2. The summed E-state index contributed by atoms with van der Waals surface area (Å²) in [5.74, 6) is -0.200. The van der Waals surface area contributed by atoms with Crippen molar-refractivity contribution in [1.82, 2.24) is 10.3 Å². The van der Waals surface area contributed by atoms with Crippen LogP contribution in [0, 0.1) is 5.82 Å². The van der Waals surface area contributed by atoms with E-state index in [1.807, 2.05) is 12.1 Å². The van der Waals surface area contributed by atoms with Gasteiger partial charge in [-0.2, -0.15) is 0 Å². The molecule has 0 bridgehead atoms. The van der Waals surface area contributed by atoms with Crippen molar-refractivity contribution in [3.63, 3.8) is 0 Å². The summed E-state index contributed by atoms with van der Waals surface area (Å²) in [5, 5.41) is 6.12. The first-order valence-corrected chi connectivity index (χ1v) is 10.9. The molecule has 30 heavy (non-hydrogen) atoms. The number of amides is 2. The lowest BCUT2D eigenvalue weighted by molar-refractivity contribution is -0.116. The van der Waals surface area contributed by atoms with Gasteiger partial charge < -0.3 is 10.6 Å². The molecule has 0 unspecified atom stereocenters. The number of halogens is 2. The Labute approximate surface area is 186 Å². The number of nitrogens with one attached hydrogen (secondary N) is 2. The van der Waals surface area contributed by atoms with Gasteiger partial charge in [0.05, 0.1) is 5.56 Å². The standard InChI is InChI=1S/C22H19BrFN3O2S/c23-16-5-9-18(10-6-16)27-20(28)11-13-25-21(29)19-2-1-12-26-22(19)30-14-15-3-7-17(24)8-4-15/h1-10,12H,11,13-14H2,(H,25,29)(H,27,28). The second-order valence-electron chi connectivity index (χ2n) is 6.33. The molecule has 2 aromatic carbocycles. The lowest BCUT2D eigenvalue weighted by atomic mass is 10.2. The van der Waals surface area contributed by atoms with Crippen LogP contribution >= 0.6 is 27.7 Å². The minimum Gasteiger partial charge on any atom is -0.351 e. The van der Waals surface area contributed by atoms with Gasteiger partial charge in [0, 0.05) is 35.1 Å². The fourth-order valence-corrected chi connectivity index (χ4v) is 3.76. The van der Waals surface area contributed by atoms with Crippen molar-refractivity contribution >= 4 is 45.2 Å². The number of hydrogen-bond acceptors (Lipinski definition) is 4. The van der Waals surface area contributed by atoms with Crippen molar-refractivity contribution in [3.05, 3.63) is 88.3 Å². The van der Waals surface area contributed by atoms with Crippen molar-refractivity contribution in [2.75, 3.05) is 11.9 Å². The fourth-order valence-electron chi connectivity index (χ4n) is 2.55. The van der Waals surface area contributed by atoms with E-state index in [2.05, 4.69) is 31.5 Å². The Morgan fingerprint density at radius 3 is 2.50 bits per heavy atom. The molecule has 0 aliphatic carbocycles.